The van der Waals surface area contributed by atoms with E-state index in [1.165, 1.54) is 24.1 Å². The normalized spacial score (nSPS) is 20.8. The van der Waals surface area contributed by atoms with E-state index in [0.29, 0.717) is 23.3 Å². The second-order valence-corrected chi connectivity index (χ2v) is 8.91. The predicted molar refractivity (Wildman–Crippen MR) is 116 cm³/mol. The summed E-state index contributed by atoms with van der Waals surface area (Å²) in [6, 6.07) is 4.12. The lowest BCUT2D eigenvalue weighted by Crippen LogP contribution is -2.56. The predicted octanol–water partition coefficient (Wildman–Crippen LogP) is 5.01. The Labute approximate surface area is 202 Å². The Hall–Kier alpha value is -3.31. The molecule has 2 atom stereocenters. The highest BCUT2D eigenvalue weighted by Gasteiger charge is 2.50. The van der Waals surface area contributed by atoms with E-state index in [2.05, 4.69) is 5.32 Å². The van der Waals surface area contributed by atoms with Crippen LogP contribution in [0.25, 0.3) is 0 Å². The molecule has 0 bridgehead atoms. The number of carbonyl (C=O) groups excluding carboxylic acids is 2. The molecule has 1 heterocycles. The fourth-order valence-electron chi connectivity index (χ4n) is 4.92. The van der Waals surface area contributed by atoms with Crippen molar-refractivity contribution in [1.29, 1.82) is 0 Å². The fraction of sp³-hybridized carbons (Fsp3) is 0.417. The topological polar surface area (TPSA) is 75.4 Å². The summed E-state index contributed by atoms with van der Waals surface area (Å²) in [7, 11) is 1.30. The second kappa shape index (κ2) is 9.62. The van der Waals surface area contributed by atoms with Crippen LogP contribution in [0, 0.1) is 18.2 Å². The number of nitrogens with zero attached hydrogens (tertiary/aromatic N) is 1. The number of likely N-dealkylation sites (tertiary alicyclic amines) is 1. The molecular formula is C24H24F7N3O2. The van der Waals surface area contributed by atoms with Crippen LogP contribution in [0.2, 0.25) is 0 Å². The third-order valence-electron chi connectivity index (χ3n) is 6.66. The number of aryl methyl sites for hydroxylation is 1. The Morgan fingerprint density at radius 3 is 2.11 bits per heavy atom. The number of benzene rings is 2. The van der Waals surface area contributed by atoms with Crippen molar-refractivity contribution >= 4 is 11.9 Å². The number of nitrogens with two attached hydrogens (primary N) is 1. The molecule has 196 valence electrons. The Morgan fingerprint density at radius 1 is 1.06 bits per heavy atom. The van der Waals surface area contributed by atoms with E-state index in [-0.39, 0.29) is 31.1 Å². The van der Waals surface area contributed by atoms with E-state index < -0.39 is 59.0 Å². The molecule has 1 saturated heterocycles. The number of primary amides is 1. The Morgan fingerprint density at radius 2 is 1.64 bits per heavy atom. The molecular weight excluding hydrogens is 495 g/mol. The zero-order chi connectivity index (χ0) is 27.1. The minimum atomic E-state index is -5.06. The smallest absolute Gasteiger partial charge is 0.359 e. The maximum atomic E-state index is 13.8. The molecule has 2 aromatic carbocycles. The zero-order valence-corrected chi connectivity index (χ0v) is 19.4. The van der Waals surface area contributed by atoms with Crippen molar-refractivity contribution in [2.75, 3.05) is 20.1 Å². The van der Waals surface area contributed by atoms with Crippen LogP contribution >= 0.6 is 0 Å². The van der Waals surface area contributed by atoms with E-state index >= 15 is 0 Å². The van der Waals surface area contributed by atoms with E-state index in [9.17, 15) is 40.3 Å². The SMILES string of the molecule is CNC(=O)C1(Cc2cc(C(F)(F)F)cc(C(F)(F)F)c2)CCN(C(N)=O)CC1c1ccc(F)cc1C. The maximum absolute atomic E-state index is 13.8. The molecule has 0 spiro atoms. The summed E-state index contributed by atoms with van der Waals surface area (Å²) in [5, 5.41) is 2.47. The maximum Gasteiger partial charge on any atom is 0.416 e. The first-order chi connectivity index (χ1) is 16.6. The quantitative estimate of drug-likeness (QED) is 0.557. The van der Waals surface area contributed by atoms with Crippen LogP contribution in [0.1, 0.15) is 40.2 Å². The number of halogens is 7. The van der Waals surface area contributed by atoms with Crippen LogP contribution in [0.15, 0.2) is 36.4 Å². The number of alkyl halides is 6. The molecule has 0 aromatic heterocycles. The summed E-state index contributed by atoms with van der Waals surface area (Å²) in [5.41, 5.74) is 1.36. The van der Waals surface area contributed by atoms with Crippen molar-refractivity contribution in [1.82, 2.24) is 10.2 Å². The van der Waals surface area contributed by atoms with Gasteiger partial charge < -0.3 is 16.0 Å². The molecule has 3 N–H and O–H groups in total. The third-order valence-corrected chi connectivity index (χ3v) is 6.66. The molecule has 0 saturated carbocycles. The van der Waals surface area contributed by atoms with Crippen LogP contribution in [0.4, 0.5) is 35.5 Å². The molecule has 1 aliphatic rings. The number of hydrogen-bond donors (Lipinski definition) is 2. The van der Waals surface area contributed by atoms with Gasteiger partial charge in [0.2, 0.25) is 5.91 Å². The van der Waals surface area contributed by atoms with Gasteiger partial charge in [0.25, 0.3) is 0 Å². The first kappa shape index (κ1) is 27.3. The zero-order valence-electron chi connectivity index (χ0n) is 19.4. The highest BCUT2D eigenvalue weighted by molar-refractivity contribution is 5.85. The van der Waals surface area contributed by atoms with E-state index in [1.807, 2.05) is 0 Å². The van der Waals surface area contributed by atoms with E-state index in [1.54, 1.807) is 6.92 Å². The van der Waals surface area contributed by atoms with Gasteiger partial charge in [-0.25, -0.2) is 9.18 Å². The molecule has 0 aliphatic carbocycles. The van der Waals surface area contributed by atoms with E-state index in [0.717, 1.165) is 6.07 Å². The lowest BCUT2D eigenvalue weighted by molar-refractivity contribution is -0.143. The van der Waals surface area contributed by atoms with Crippen molar-refractivity contribution in [2.45, 2.75) is 38.0 Å². The van der Waals surface area contributed by atoms with Crippen molar-refractivity contribution in [3.05, 3.63) is 70.0 Å². The summed E-state index contributed by atoms with van der Waals surface area (Å²) in [4.78, 5) is 26.5. The van der Waals surface area contributed by atoms with Gasteiger partial charge in [-0.3, -0.25) is 4.79 Å². The van der Waals surface area contributed by atoms with Gasteiger partial charge in [0.05, 0.1) is 16.5 Å². The molecule has 3 amide bonds. The molecule has 5 nitrogen and oxygen atoms in total. The average Bonchev–Trinajstić information content (AvgIpc) is 2.77. The van der Waals surface area contributed by atoms with Gasteiger partial charge in [0, 0.05) is 26.1 Å². The van der Waals surface area contributed by atoms with Crippen LogP contribution in [-0.2, 0) is 23.6 Å². The number of carbonyl (C=O) groups is 2. The van der Waals surface area contributed by atoms with Gasteiger partial charge in [-0.2, -0.15) is 26.3 Å². The minimum absolute atomic E-state index is 0.0212. The van der Waals surface area contributed by atoms with Crippen LogP contribution in [0.3, 0.4) is 0 Å². The summed E-state index contributed by atoms with van der Waals surface area (Å²) >= 11 is 0. The Kier molecular flexibility index (Phi) is 7.29. The third kappa shape index (κ3) is 5.41. The van der Waals surface area contributed by atoms with E-state index in [4.69, 9.17) is 5.73 Å². The number of amides is 3. The molecule has 3 rings (SSSR count). The van der Waals surface area contributed by atoms with Crippen molar-refractivity contribution < 1.29 is 40.3 Å². The number of rotatable bonds is 4. The largest absolute Gasteiger partial charge is 0.416 e. The Balaban J connectivity index is 2.23. The van der Waals surface area contributed by atoms with Gasteiger partial charge in [-0.05, 0) is 66.8 Å². The highest BCUT2D eigenvalue weighted by Crippen LogP contribution is 2.48. The molecule has 2 aromatic rings. The number of nitrogens with one attached hydrogen (secondary N) is 1. The first-order valence-electron chi connectivity index (χ1n) is 10.9. The lowest BCUT2D eigenvalue weighted by atomic mass is 9.63. The second-order valence-electron chi connectivity index (χ2n) is 8.91. The van der Waals surface area contributed by atoms with Crippen LogP contribution in [0.5, 0.6) is 0 Å². The number of urea groups is 1. The summed E-state index contributed by atoms with van der Waals surface area (Å²) in [6.45, 7) is 1.37. The first-order valence-corrected chi connectivity index (χ1v) is 10.9. The summed E-state index contributed by atoms with van der Waals surface area (Å²) in [6.07, 6.45) is -10.7. The molecule has 1 aliphatic heterocycles. The average molecular weight is 519 g/mol. The molecule has 12 heteroatoms. The fourth-order valence-corrected chi connectivity index (χ4v) is 4.92. The van der Waals surface area contributed by atoms with Crippen molar-refractivity contribution in [3.8, 4) is 0 Å². The van der Waals surface area contributed by atoms with Gasteiger partial charge in [0.1, 0.15) is 5.82 Å². The molecule has 1 fully saturated rings. The minimum Gasteiger partial charge on any atom is -0.359 e. The summed E-state index contributed by atoms with van der Waals surface area (Å²) < 4.78 is 94.6. The highest BCUT2D eigenvalue weighted by atomic mass is 19.4. The molecule has 0 radical (unpaired) electrons. The van der Waals surface area contributed by atoms with Gasteiger partial charge in [-0.15, -0.1) is 0 Å². The number of piperidine rings is 1. The van der Waals surface area contributed by atoms with Crippen LogP contribution in [-0.4, -0.2) is 37.0 Å². The number of hydrogen-bond acceptors (Lipinski definition) is 2. The Bertz CT molecular complexity index is 1130. The van der Waals surface area contributed by atoms with Crippen LogP contribution < -0.4 is 11.1 Å². The standard InChI is InChI=1S/C24H24F7N3O2/c1-13-7-17(25)3-4-18(13)19-12-34(21(32)36)6-5-22(19,20(35)33-2)11-14-8-15(23(26,27)28)10-16(9-14)24(29,30)31/h3-4,7-10,19H,5-6,11-12H2,1-2H3,(H2,32,36)(H,33,35). The monoisotopic (exact) mass is 519 g/mol. The summed E-state index contributed by atoms with van der Waals surface area (Å²) in [5.74, 6) is -2.11. The molecule has 36 heavy (non-hydrogen) atoms. The van der Waals surface area contributed by atoms with Gasteiger partial charge in [0.15, 0.2) is 0 Å². The van der Waals surface area contributed by atoms with Gasteiger partial charge in [-0.1, -0.05) is 6.07 Å². The lowest BCUT2D eigenvalue weighted by Gasteiger charge is -2.47. The van der Waals surface area contributed by atoms with Crippen molar-refractivity contribution in [2.24, 2.45) is 11.1 Å². The molecule has 2 unspecified atom stereocenters. The van der Waals surface area contributed by atoms with Crippen molar-refractivity contribution in [3.63, 3.8) is 0 Å². The van der Waals surface area contributed by atoms with Gasteiger partial charge >= 0.3 is 18.4 Å².